The predicted molar refractivity (Wildman–Crippen MR) is 37.8 cm³/mol. The minimum atomic E-state index is -1.72. The molecule has 0 saturated heterocycles. The summed E-state index contributed by atoms with van der Waals surface area (Å²) in [7, 11) is 0. The molecule has 0 aliphatic carbocycles. The van der Waals surface area contributed by atoms with Crippen LogP contribution in [0.1, 0.15) is 5.76 Å². The zero-order chi connectivity index (χ0) is 8.97. The van der Waals surface area contributed by atoms with Gasteiger partial charge in [-0.15, -0.1) is 0 Å². The van der Waals surface area contributed by atoms with E-state index in [0.717, 1.165) is 6.08 Å². The smallest absolute Gasteiger partial charge is 0.541 e. The molecule has 0 atom stereocenters. The predicted octanol–water partition coefficient (Wildman–Crippen LogP) is -3.38. The van der Waals surface area contributed by atoms with E-state index in [-0.39, 0.29) is 29.6 Å². The molecule has 0 fully saturated rings. The molecule has 1 rings (SSSR count). The van der Waals surface area contributed by atoms with Crippen LogP contribution in [0.25, 0.3) is 6.08 Å². The summed E-state index contributed by atoms with van der Waals surface area (Å²) in [4.78, 5) is 20.4. The number of hydrogen-bond donors (Lipinski definition) is 0. The Morgan fingerprint density at radius 2 is 2.15 bits per heavy atom. The van der Waals surface area contributed by atoms with Crippen molar-refractivity contribution in [1.29, 1.82) is 0 Å². The van der Waals surface area contributed by atoms with E-state index in [1.807, 2.05) is 0 Å². The molecule has 0 bridgehead atoms. The molecule has 0 spiro atoms. The Labute approximate surface area is 96.5 Å². The second-order valence-corrected chi connectivity index (χ2v) is 2.00. The van der Waals surface area contributed by atoms with Gasteiger partial charge in [0.25, 0.3) is 0 Å². The molecule has 62 valence electrons. The first-order valence-corrected chi connectivity index (χ1v) is 3.17. The molecule has 0 aliphatic heterocycles. The van der Waals surface area contributed by atoms with Gasteiger partial charge in [-0.05, 0) is 24.3 Å². The van der Waals surface area contributed by atoms with Crippen LogP contribution in [-0.4, -0.2) is 11.8 Å². The molecule has 0 aromatic carbocycles. The van der Waals surface area contributed by atoms with Gasteiger partial charge in [0.15, 0.2) is 0 Å². The minimum Gasteiger partial charge on any atom is -0.541 e. The standard InChI is InChI=1S/C8H6O4.Na/c9-7(8(10)11)4-3-6-2-1-5-12-6;/h1-5H,(H,10,11);/q;+1/p-1/b4-3+;. The molecule has 5 heteroatoms. The summed E-state index contributed by atoms with van der Waals surface area (Å²) < 4.78 is 4.81. The topological polar surface area (TPSA) is 70.3 Å². The van der Waals surface area contributed by atoms with Crippen molar-refractivity contribution in [3.63, 3.8) is 0 Å². The van der Waals surface area contributed by atoms with Gasteiger partial charge >= 0.3 is 29.6 Å². The van der Waals surface area contributed by atoms with Crippen LogP contribution in [0.15, 0.2) is 28.9 Å². The zero-order valence-corrected chi connectivity index (χ0v) is 9.02. The summed E-state index contributed by atoms with van der Waals surface area (Å²) in [6.45, 7) is 0. The van der Waals surface area contributed by atoms with E-state index in [9.17, 15) is 14.7 Å². The number of carbonyl (C=O) groups is 2. The van der Waals surface area contributed by atoms with E-state index in [1.165, 1.54) is 12.3 Å². The second-order valence-electron chi connectivity index (χ2n) is 2.00. The fourth-order valence-electron chi connectivity index (χ4n) is 0.612. The van der Waals surface area contributed by atoms with E-state index in [1.54, 1.807) is 12.1 Å². The normalized spacial score (nSPS) is 9.54. The van der Waals surface area contributed by atoms with Crippen molar-refractivity contribution >= 4 is 17.8 Å². The summed E-state index contributed by atoms with van der Waals surface area (Å²) >= 11 is 0. The van der Waals surface area contributed by atoms with Crippen molar-refractivity contribution in [2.24, 2.45) is 0 Å². The van der Waals surface area contributed by atoms with E-state index in [4.69, 9.17) is 4.42 Å². The van der Waals surface area contributed by atoms with Crippen molar-refractivity contribution < 1.29 is 48.7 Å². The van der Waals surface area contributed by atoms with Crippen molar-refractivity contribution in [2.75, 3.05) is 0 Å². The fourth-order valence-corrected chi connectivity index (χ4v) is 0.612. The van der Waals surface area contributed by atoms with Gasteiger partial charge in [0.05, 0.1) is 6.26 Å². The van der Waals surface area contributed by atoms with Crippen LogP contribution in [0.2, 0.25) is 0 Å². The number of ketones is 1. The summed E-state index contributed by atoms with van der Waals surface area (Å²) in [5.41, 5.74) is 0. The van der Waals surface area contributed by atoms with Crippen LogP contribution in [-0.2, 0) is 9.59 Å². The number of carbonyl (C=O) groups excluding carboxylic acids is 2. The quantitative estimate of drug-likeness (QED) is 0.282. The van der Waals surface area contributed by atoms with Crippen LogP contribution >= 0.6 is 0 Å². The SMILES string of the molecule is O=C([O-])C(=O)/C=C/c1ccco1.[Na+]. The second kappa shape index (κ2) is 5.75. The number of aliphatic carboxylic acids is 1. The zero-order valence-electron chi connectivity index (χ0n) is 7.02. The first kappa shape index (κ1) is 12.2. The average Bonchev–Trinajstić information content (AvgIpc) is 2.51. The first-order chi connectivity index (χ1) is 5.70. The van der Waals surface area contributed by atoms with E-state index >= 15 is 0 Å². The minimum absolute atomic E-state index is 0. The van der Waals surface area contributed by atoms with Crippen molar-refractivity contribution in [3.05, 3.63) is 30.2 Å². The van der Waals surface area contributed by atoms with Crippen molar-refractivity contribution in [1.82, 2.24) is 0 Å². The molecular weight excluding hydrogens is 183 g/mol. The molecule has 0 aliphatic rings. The van der Waals surface area contributed by atoms with Crippen LogP contribution in [0.5, 0.6) is 0 Å². The maximum Gasteiger partial charge on any atom is 1.00 e. The number of rotatable bonds is 3. The van der Waals surface area contributed by atoms with Gasteiger partial charge < -0.3 is 14.3 Å². The average molecular weight is 188 g/mol. The van der Waals surface area contributed by atoms with Crippen molar-refractivity contribution in [2.45, 2.75) is 0 Å². The molecule has 1 heterocycles. The molecule has 0 saturated carbocycles. The van der Waals surface area contributed by atoms with E-state index < -0.39 is 11.8 Å². The number of carboxylic acid groups (broad SMARTS) is 1. The molecule has 0 radical (unpaired) electrons. The Bertz CT molecular complexity index is 313. The van der Waals surface area contributed by atoms with Crippen LogP contribution in [0.3, 0.4) is 0 Å². The Hall–Kier alpha value is -0.840. The summed E-state index contributed by atoms with van der Waals surface area (Å²) in [6.07, 6.45) is 3.56. The molecule has 0 unspecified atom stereocenters. The maximum absolute atomic E-state index is 10.4. The number of carboxylic acids is 1. The Kier molecular flexibility index (Phi) is 5.37. The van der Waals surface area contributed by atoms with Gasteiger partial charge in [-0.3, -0.25) is 4.79 Å². The molecule has 1 aromatic rings. The summed E-state index contributed by atoms with van der Waals surface area (Å²) in [6, 6.07) is 3.22. The molecule has 0 amide bonds. The molecule has 1 aromatic heterocycles. The van der Waals surface area contributed by atoms with Crippen molar-refractivity contribution in [3.8, 4) is 0 Å². The van der Waals surface area contributed by atoms with Crippen LogP contribution < -0.4 is 34.7 Å². The molecular formula is C8H5NaO4. The summed E-state index contributed by atoms with van der Waals surface area (Å²) in [5.74, 6) is -2.38. The molecule has 0 N–H and O–H groups in total. The van der Waals surface area contributed by atoms with E-state index in [0.29, 0.717) is 5.76 Å². The third-order valence-electron chi connectivity index (χ3n) is 1.14. The van der Waals surface area contributed by atoms with E-state index in [2.05, 4.69) is 0 Å². The monoisotopic (exact) mass is 188 g/mol. The molecule has 13 heavy (non-hydrogen) atoms. The number of hydrogen-bond acceptors (Lipinski definition) is 4. The Morgan fingerprint density at radius 1 is 1.46 bits per heavy atom. The Morgan fingerprint density at radius 3 is 2.62 bits per heavy atom. The third kappa shape index (κ3) is 4.07. The van der Waals surface area contributed by atoms with Crippen LogP contribution in [0, 0.1) is 0 Å². The number of furan rings is 1. The fraction of sp³-hybridized carbons (Fsp3) is 0. The van der Waals surface area contributed by atoms with Gasteiger partial charge in [-0.1, -0.05) is 0 Å². The Balaban J connectivity index is 0.00000144. The summed E-state index contributed by atoms with van der Waals surface area (Å²) in [5, 5.41) is 9.92. The van der Waals surface area contributed by atoms with Gasteiger partial charge in [0, 0.05) is 0 Å². The maximum atomic E-state index is 10.4. The van der Waals surface area contributed by atoms with Gasteiger partial charge in [0.1, 0.15) is 11.7 Å². The largest absolute Gasteiger partial charge is 1.00 e. The van der Waals surface area contributed by atoms with Gasteiger partial charge in [-0.25, -0.2) is 0 Å². The van der Waals surface area contributed by atoms with Gasteiger partial charge in [-0.2, -0.15) is 0 Å². The van der Waals surface area contributed by atoms with Gasteiger partial charge in [0.2, 0.25) is 5.78 Å². The first-order valence-electron chi connectivity index (χ1n) is 3.17. The molecule has 4 nitrogen and oxygen atoms in total. The van der Waals surface area contributed by atoms with Crippen LogP contribution in [0.4, 0.5) is 0 Å². The third-order valence-corrected chi connectivity index (χ3v) is 1.14.